The van der Waals surface area contributed by atoms with Crippen molar-refractivity contribution in [2.75, 3.05) is 36.5 Å². The Bertz CT molecular complexity index is 845. The highest BCUT2D eigenvalue weighted by molar-refractivity contribution is 5.97. The molecule has 1 saturated heterocycles. The summed E-state index contributed by atoms with van der Waals surface area (Å²) in [6.45, 7) is 6.00. The molecular formula is C19H24N4O3. The van der Waals surface area contributed by atoms with Crippen LogP contribution in [0.2, 0.25) is 0 Å². The third-order valence-electron chi connectivity index (χ3n) is 4.73. The molecule has 0 aliphatic carbocycles. The number of nitrogens with zero attached hydrogens (tertiary/aromatic N) is 3. The third-order valence-corrected chi connectivity index (χ3v) is 4.73. The number of carbonyl (C=O) groups is 1. The van der Waals surface area contributed by atoms with Gasteiger partial charge in [-0.1, -0.05) is 12.1 Å². The number of para-hydroxylation sites is 2. The first-order valence-electron chi connectivity index (χ1n) is 8.86. The Morgan fingerprint density at radius 1 is 1.27 bits per heavy atom. The fourth-order valence-electron chi connectivity index (χ4n) is 3.34. The third kappa shape index (κ3) is 3.42. The summed E-state index contributed by atoms with van der Waals surface area (Å²) in [5, 5.41) is 0. The van der Waals surface area contributed by atoms with Gasteiger partial charge in [-0.05, 0) is 26.0 Å². The number of methoxy groups -OCH3 is 1. The first kappa shape index (κ1) is 18.0. The topological polar surface area (TPSA) is 78.5 Å². The highest BCUT2D eigenvalue weighted by Crippen LogP contribution is 2.35. The molecule has 1 atom stereocenters. The molecular weight excluding hydrogens is 332 g/mol. The van der Waals surface area contributed by atoms with E-state index in [1.807, 2.05) is 43.0 Å². The van der Waals surface area contributed by atoms with E-state index in [1.165, 1.54) is 6.07 Å². The zero-order valence-corrected chi connectivity index (χ0v) is 15.4. The maximum Gasteiger partial charge on any atom is 0.252 e. The van der Waals surface area contributed by atoms with Crippen LogP contribution >= 0.6 is 0 Å². The minimum atomic E-state index is -0.194. The lowest BCUT2D eigenvalue weighted by Gasteiger charge is -2.21. The van der Waals surface area contributed by atoms with Gasteiger partial charge in [0.2, 0.25) is 11.9 Å². The number of ether oxygens (including phenoxy) is 1. The molecule has 3 rings (SSSR count). The van der Waals surface area contributed by atoms with Crippen LogP contribution in [0.25, 0.3) is 0 Å². The molecule has 7 nitrogen and oxygen atoms in total. The van der Waals surface area contributed by atoms with E-state index in [4.69, 9.17) is 4.74 Å². The van der Waals surface area contributed by atoms with Gasteiger partial charge in [-0.2, -0.15) is 0 Å². The number of nitrogens with one attached hydrogen (secondary N) is 1. The van der Waals surface area contributed by atoms with E-state index in [-0.39, 0.29) is 17.4 Å². The quantitative estimate of drug-likeness (QED) is 0.858. The minimum absolute atomic E-state index is 0.00553. The van der Waals surface area contributed by atoms with Gasteiger partial charge in [0.25, 0.3) is 5.56 Å². The van der Waals surface area contributed by atoms with Gasteiger partial charge in [-0.25, -0.2) is 4.98 Å². The Kier molecular flexibility index (Phi) is 5.25. The van der Waals surface area contributed by atoms with E-state index < -0.39 is 0 Å². The van der Waals surface area contributed by atoms with E-state index in [0.717, 1.165) is 18.8 Å². The molecule has 2 aromatic rings. The molecule has 26 heavy (non-hydrogen) atoms. The van der Waals surface area contributed by atoms with Crippen LogP contribution in [0, 0.1) is 0 Å². The summed E-state index contributed by atoms with van der Waals surface area (Å²) in [5.41, 5.74) is 1.21. The van der Waals surface area contributed by atoms with Gasteiger partial charge in [0.15, 0.2) is 0 Å². The second kappa shape index (κ2) is 7.59. The van der Waals surface area contributed by atoms with Gasteiger partial charge < -0.3 is 14.5 Å². The number of amides is 1. The first-order chi connectivity index (χ1) is 12.6. The van der Waals surface area contributed by atoms with E-state index in [0.29, 0.717) is 30.4 Å². The Balaban J connectivity index is 1.90. The summed E-state index contributed by atoms with van der Waals surface area (Å²) in [5.74, 6) is 1.10. The molecule has 0 bridgehead atoms. The number of anilines is 2. The Morgan fingerprint density at radius 3 is 2.69 bits per heavy atom. The Hall–Kier alpha value is -2.83. The second-order valence-electron chi connectivity index (χ2n) is 6.24. The van der Waals surface area contributed by atoms with Gasteiger partial charge >= 0.3 is 0 Å². The zero-order valence-electron chi connectivity index (χ0n) is 15.4. The predicted molar refractivity (Wildman–Crippen MR) is 101 cm³/mol. The summed E-state index contributed by atoms with van der Waals surface area (Å²) in [6, 6.07) is 8.94. The molecule has 0 radical (unpaired) electrons. The lowest BCUT2D eigenvalue weighted by molar-refractivity contribution is -0.117. The second-order valence-corrected chi connectivity index (χ2v) is 6.24. The van der Waals surface area contributed by atoms with Crippen molar-refractivity contribution in [2.45, 2.75) is 26.2 Å². The van der Waals surface area contributed by atoms with Crippen LogP contribution in [0.4, 0.5) is 11.6 Å². The molecule has 1 unspecified atom stereocenters. The molecule has 1 aliphatic heterocycles. The SMILES string of the molecule is CCN(CC)c1nc(C2CC(=O)N(c3ccccc3OC)C2)cc(=O)[nH]1. The van der Waals surface area contributed by atoms with E-state index in [2.05, 4.69) is 9.97 Å². The fourth-order valence-corrected chi connectivity index (χ4v) is 3.34. The lowest BCUT2D eigenvalue weighted by Crippen LogP contribution is -2.28. The van der Waals surface area contributed by atoms with Gasteiger partial charge in [-0.3, -0.25) is 14.6 Å². The van der Waals surface area contributed by atoms with Crippen LogP contribution in [0.3, 0.4) is 0 Å². The molecule has 1 aliphatic rings. The fraction of sp³-hybridized carbons (Fsp3) is 0.421. The lowest BCUT2D eigenvalue weighted by atomic mass is 10.0. The normalized spacial score (nSPS) is 16.8. The molecule has 2 heterocycles. The van der Waals surface area contributed by atoms with Crippen LogP contribution in [-0.4, -0.2) is 42.6 Å². The standard InChI is InChI=1S/C19H24N4O3/c1-4-22(5-2)19-20-14(11-17(24)21-19)13-10-18(25)23(12-13)15-8-6-7-9-16(15)26-3/h6-9,11,13H,4-5,10,12H2,1-3H3,(H,20,21,24). The van der Waals surface area contributed by atoms with E-state index in [1.54, 1.807) is 12.0 Å². The van der Waals surface area contributed by atoms with Crippen molar-refractivity contribution >= 4 is 17.5 Å². The molecule has 0 spiro atoms. The van der Waals surface area contributed by atoms with Crippen molar-refractivity contribution in [3.8, 4) is 5.75 Å². The largest absolute Gasteiger partial charge is 0.495 e. The van der Waals surface area contributed by atoms with Crippen molar-refractivity contribution in [1.29, 1.82) is 0 Å². The molecule has 1 amide bonds. The van der Waals surface area contributed by atoms with Gasteiger partial charge in [0.1, 0.15) is 5.75 Å². The van der Waals surface area contributed by atoms with Crippen LogP contribution < -0.4 is 20.1 Å². The number of carbonyl (C=O) groups excluding carboxylic acids is 1. The molecule has 1 aromatic carbocycles. The average molecular weight is 356 g/mol. The van der Waals surface area contributed by atoms with Gasteiger partial charge in [-0.15, -0.1) is 0 Å². The number of rotatable bonds is 6. The van der Waals surface area contributed by atoms with E-state index >= 15 is 0 Å². The first-order valence-corrected chi connectivity index (χ1v) is 8.86. The Labute approximate surface area is 152 Å². The predicted octanol–water partition coefficient (Wildman–Crippen LogP) is 2.15. The number of hydrogen-bond acceptors (Lipinski definition) is 5. The number of aromatic amines is 1. The van der Waals surface area contributed by atoms with Crippen molar-refractivity contribution < 1.29 is 9.53 Å². The van der Waals surface area contributed by atoms with Crippen LogP contribution in [0.15, 0.2) is 35.1 Å². The number of hydrogen-bond donors (Lipinski definition) is 1. The summed E-state index contributed by atoms with van der Waals surface area (Å²) in [6.07, 6.45) is 0.326. The highest BCUT2D eigenvalue weighted by Gasteiger charge is 2.34. The number of benzene rings is 1. The smallest absolute Gasteiger partial charge is 0.252 e. The van der Waals surface area contributed by atoms with Crippen LogP contribution in [-0.2, 0) is 4.79 Å². The monoisotopic (exact) mass is 356 g/mol. The highest BCUT2D eigenvalue weighted by atomic mass is 16.5. The molecule has 1 fully saturated rings. The van der Waals surface area contributed by atoms with Crippen molar-refractivity contribution in [2.24, 2.45) is 0 Å². The Morgan fingerprint density at radius 2 is 2.00 bits per heavy atom. The molecule has 1 aromatic heterocycles. The maximum absolute atomic E-state index is 12.6. The molecule has 1 N–H and O–H groups in total. The molecule has 7 heteroatoms. The maximum atomic E-state index is 12.6. The molecule has 138 valence electrons. The molecule has 0 saturated carbocycles. The summed E-state index contributed by atoms with van der Waals surface area (Å²) in [7, 11) is 1.59. The number of H-pyrrole nitrogens is 1. The summed E-state index contributed by atoms with van der Waals surface area (Å²) >= 11 is 0. The van der Waals surface area contributed by atoms with Crippen molar-refractivity contribution in [3.05, 3.63) is 46.4 Å². The van der Waals surface area contributed by atoms with Crippen LogP contribution in [0.1, 0.15) is 31.9 Å². The van der Waals surface area contributed by atoms with Crippen molar-refractivity contribution in [1.82, 2.24) is 9.97 Å². The summed E-state index contributed by atoms with van der Waals surface area (Å²) < 4.78 is 5.37. The van der Waals surface area contributed by atoms with Gasteiger partial charge in [0, 0.05) is 38.0 Å². The van der Waals surface area contributed by atoms with Crippen LogP contribution in [0.5, 0.6) is 5.75 Å². The average Bonchev–Trinajstić information content (AvgIpc) is 3.04. The zero-order chi connectivity index (χ0) is 18.7. The van der Waals surface area contributed by atoms with E-state index in [9.17, 15) is 9.59 Å². The summed E-state index contributed by atoms with van der Waals surface area (Å²) in [4.78, 5) is 35.8. The number of aromatic nitrogens is 2. The minimum Gasteiger partial charge on any atom is -0.495 e. The van der Waals surface area contributed by atoms with Crippen molar-refractivity contribution in [3.63, 3.8) is 0 Å². The van der Waals surface area contributed by atoms with Gasteiger partial charge in [0.05, 0.1) is 18.5 Å².